The second kappa shape index (κ2) is 7.96. The van der Waals surface area contributed by atoms with Crippen LogP contribution in [-0.4, -0.2) is 11.1 Å². The predicted molar refractivity (Wildman–Crippen MR) is 101 cm³/mol. The van der Waals surface area contributed by atoms with Gasteiger partial charge < -0.3 is 5.11 Å². The van der Waals surface area contributed by atoms with Crippen molar-refractivity contribution in [3.05, 3.63) is 75.9 Å². The molecule has 0 fully saturated rings. The minimum absolute atomic E-state index is 0.332. The van der Waals surface area contributed by atoms with Gasteiger partial charge in [-0.25, -0.2) is 4.79 Å². The molecule has 2 nitrogen and oxygen atoms in total. The molecule has 1 aliphatic rings. The number of carboxylic acid groups (broad SMARTS) is 1. The molecule has 0 radical (unpaired) electrons. The Kier molecular flexibility index (Phi) is 5.97. The Balaban J connectivity index is 2.51. The lowest BCUT2D eigenvalue weighted by Gasteiger charge is -2.19. The monoisotopic (exact) mass is 322 g/mol. The summed E-state index contributed by atoms with van der Waals surface area (Å²) >= 11 is 0. The van der Waals surface area contributed by atoms with Gasteiger partial charge in [-0.3, -0.25) is 0 Å². The maximum absolute atomic E-state index is 11.5. The molecule has 0 amide bonds. The molecule has 1 N–H and O–H groups in total. The number of allylic oxidation sites excluding steroid dienone is 6. The minimum atomic E-state index is -0.886. The summed E-state index contributed by atoms with van der Waals surface area (Å²) in [5, 5.41) is 9.47. The molecule has 24 heavy (non-hydrogen) atoms. The quantitative estimate of drug-likeness (QED) is 0.558. The van der Waals surface area contributed by atoms with Crippen LogP contribution in [0.2, 0.25) is 0 Å². The van der Waals surface area contributed by atoms with Crippen LogP contribution in [0.3, 0.4) is 0 Å². The van der Waals surface area contributed by atoms with E-state index < -0.39 is 5.97 Å². The molecule has 0 bridgehead atoms. The maximum atomic E-state index is 11.5. The van der Waals surface area contributed by atoms with Gasteiger partial charge in [-0.05, 0) is 73.9 Å². The fraction of sp³-hybridized carbons (Fsp3) is 0.318. The highest BCUT2D eigenvalue weighted by Crippen LogP contribution is 2.34. The van der Waals surface area contributed by atoms with Gasteiger partial charge in [0.05, 0.1) is 5.57 Å². The van der Waals surface area contributed by atoms with Gasteiger partial charge in [0.1, 0.15) is 0 Å². The molecule has 0 aromatic heterocycles. The van der Waals surface area contributed by atoms with E-state index >= 15 is 0 Å². The molecule has 0 saturated heterocycles. The van der Waals surface area contributed by atoms with Crippen LogP contribution in [0.4, 0.5) is 0 Å². The Labute approximate surface area is 144 Å². The van der Waals surface area contributed by atoms with Crippen molar-refractivity contribution in [1.29, 1.82) is 0 Å². The molecule has 1 aliphatic carbocycles. The van der Waals surface area contributed by atoms with Crippen molar-refractivity contribution in [3.8, 4) is 0 Å². The average Bonchev–Trinajstić information content (AvgIpc) is 2.51. The third-order valence-electron chi connectivity index (χ3n) is 4.23. The van der Waals surface area contributed by atoms with Gasteiger partial charge in [-0.2, -0.15) is 0 Å². The first kappa shape index (κ1) is 18.0. The van der Waals surface area contributed by atoms with Gasteiger partial charge in [0.2, 0.25) is 0 Å². The molecule has 0 atom stereocenters. The fourth-order valence-electron chi connectivity index (χ4n) is 3.28. The summed E-state index contributed by atoms with van der Waals surface area (Å²) in [6.45, 7) is 8.36. The number of carbonyl (C=O) groups is 1. The van der Waals surface area contributed by atoms with Crippen molar-refractivity contribution < 1.29 is 9.90 Å². The van der Waals surface area contributed by atoms with Crippen LogP contribution in [0.1, 0.15) is 48.4 Å². The normalized spacial score (nSPS) is 15.4. The van der Waals surface area contributed by atoms with E-state index in [1.807, 2.05) is 13.0 Å². The average molecular weight is 322 g/mol. The second-order valence-corrected chi connectivity index (χ2v) is 6.34. The number of carboxylic acids is 1. The van der Waals surface area contributed by atoms with Crippen molar-refractivity contribution in [2.75, 3.05) is 0 Å². The van der Waals surface area contributed by atoms with Crippen LogP contribution < -0.4 is 0 Å². The molecule has 0 saturated carbocycles. The number of hydrogen-bond acceptors (Lipinski definition) is 1. The lowest BCUT2D eigenvalue weighted by molar-refractivity contribution is -0.132. The van der Waals surface area contributed by atoms with Crippen molar-refractivity contribution in [3.63, 3.8) is 0 Å². The summed E-state index contributed by atoms with van der Waals surface area (Å²) in [6, 6.07) is 4.38. The largest absolute Gasteiger partial charge is 0.478 e. The number of aliphatic carboxylic acids is 1. The third-order valence-corrected chi connectivity index (χ3v) is 4.23. The van der Waals surface area contributed by atoms with Gasteiger partial charge in [0.25, 0.3) is 0 Å². The van der Waals surface area contributed by atoms with Gasteiger partial charge in [0.15, 0.2) is 0 Å². The van der Waals surface area contributed by atoms with E-state index in [2.05, 4.69) is 45.1 Å². The molecule has 0 spiro atoms. The highest BCUT2D eigenvalue weighted by molar-refractivity contribution is 5.94. The van der Waals surface area contributed by atoms with Gasteiger partial charge in [-0.15, -0.1) is 0 Å². The summed E-state index contributed by atoms with van der Waals surface area (Å²) in [6.07, 6.45) is 12.5. The SMILES string of the molecule is CC/C=C\C(=C/C1=CCCC=C1c1c(C)cc(C)cc1C)C(=O)O. The number of rotatable bonds is 5. The summed E-state index contributed by atoms with van der Waals surface area (Å²) in [5.41, 5.74) is 7.45. The van der Waals surface area contributed by atoms with E-state index in [1.165, 1.54) is 22.3 Å². The summed E-state index contributed by atoms with van der Waals surface area (Å²) < 4.78 is 0. The highest BCUT2D eigenvalue weighted by Gasteiger charge is 2.16. The Bertz CT molecular complexity index is 735. The highest BCUT2D eigenvalue weighted by atomic mass is 16.4. The molecule has 0 aliphatic heterocycles. The number of benzene rings is 1. The Morgan fingerprint density at radius 2 is 1.75 bits per heavy atom. The standard InChI is InChI=1S/C22H26O2/c1-5-6-9-19(22(23)24)14-18-10-7-8-11-20(18)21-16(3)12-15(2)13-17(21)4/h6,9-14H,5,7-8H2,1-4H3,(H,23,24)/b9-6-,19-14+. The molecule has 0 unspecified atom stereocenters. The first-order valence-corrected chi connectivity index (χ1v) is 8.54. The van der Waals surface area contributed by atoms with Crippen LogP contribution in [-0.2, 0) is 4.79 Å². The Hall–Kier alpha value is -2.35. The Morgan fingerprint density at radius 1 is 1.12 bits per heavy atom. The van der Waals surface area contributed by atoms with Gasteiger partial charge >= 0.3 is 5.97 Å². The molecular formula is C22H26O2. The zero-order chi connectivity index (χ0) is 17.7. The Morgan fingerprint density at radius 3 is 2.33 bits per heavy atom. The zero-order valence-electron chi connectivity index (χ0n) is 15.0. The third kappa shape index (κ3) is 4.14. The summed E-state index contributed by atoms with van der Waals surface area (Å²) in [4.78, 5) is 11.5. The number of hydrogen-bond donors (Lipinski definition) is 1. The smallest absolute Gasteiger partial charge is 0.335 e. The van der Waals surface area contributed by atoms with E-state index in [4.69, 9.17) is 0 Å². The lowest BCUT2D eigenvalue weighted by atomic mass is 9.85. The van der Waals surface area contributed by atoms with Crippen molar-refractivity contribution in [2.45, 2.75) is 47.0 Å². The second-order valence-electron chi connectivity index (χ2n) is 6.34. The van der Waals surface area contributed by atoms with Crippen molar-refractivity contribution >= 4 is 11.5 Å². The maximum Gasteiger partial charge on any atom is 0.335 e. The fourth-order valence-corrected chi connectivity index (χ4v) is 3.28. The minimum Gasteiger partial charge on any atom is -0.478 e. The molecule has 1 aromatic rings. The van der Waals surface area contributed by atoms with Crippen LogP contribution in [0.15, 0.2) is 53.7 Å². The van der Waals surface area contributed by atoms with Crippen molar-refractivity contribution in [1.82, 2.24) is 0 Å². The lowest BCUT2D eigenvalue weighted by Crippen LogP contribution is -2.03. The van der Waals surface area contributed by atoms with E-state index in [0.717, 1.165) is 30.4 Å². The summed E-state index contributed by atoms with van der Waals surface area (Å²) in [7, 11) is 0. The summed E-state index contributed by atoms with van der Waals surface area (Å²) in [5.74, 6) is -0.886. The van der Waals surface area contributed by atoms with Crippen LogP contribution in [0.5, 0.6) is 0 Å². The molecular weight excluding hydrogens is 296 g/mol. The number of aryl methyl sites for hydroxylation is 3. The van der Waals surface area contributed by atoms with E-state index in [9.17, 15) is 9.90 Å². The van der Waals surface area contributed by atoms with Crippen molar-refractivity contribution in [2.24, 2.45) is 0 Å². The van der Waals surface area contributed by atoms with E-state index in [0.29, 0.717) is 5.57 Å². The van der Waals surface area contributed by atoms with Gasteiger partial charge in [0, 0.05) is 0 Å². The predicted octanol–water partition coefficient (Wildman–Crippen LogP) is 5.69. The first-order chi connectivity index (χ1) is 11.4. The molecule has 2 rings (SSSR count). The zero-order valence-corrected chi connectivity index (χ0v) is 15.0. The molecule has 126 valence electrons. The van der Waals surface area contributed by atoms with Crippen LogP contribution >= 0.6 is 0 Å². The molecule has 1 aromatic carbocycles. The van der Waals surface area contributed by atoms with Crippen LogP contribution in [0.25, 0.3) is 5.57 Å². The molecule has 2 heteroatoms. The van der Waals surface area contributed by atoms with E-state index in [-0.39, 0.29) is 0 Å². The van der Waals surface area contributed by atoms with E-state index in [1.54, 1.807) is 12.2 Å². The first-order valence-electron chi connectivity index (χ1n) is 8.54. The van der Waals surface area contributed by atoms with Gasteiger partial charge in [-0.1, -0.05) is 48.9 Å². The van der Waals surface area contributed by atoms with Crippen LogP contribution in [0, 0.1) is 20.8 Å². The molecule has 0 heterocycles. The topological polar surface area (TPSA) is 37.3 Å².